The van der Waals surface area contributed by atoms with Gasteiger partial charge >= 0.3 is 5.97 Å². The van der Waals surface area contributed by atoms with Gasteiger partial charge in [0.25, 0.3) is 0 Å². The molecule has 0 aromatic heterocycles. The average Bonchev–Trinajstić information content (AvgIpc) is 2.30. The van der Waals surface area contributed by atoms with Crippen LogP contribution in [0, 0.1) is 11.7 Å². The first-order chi connectivity index (χ1) is 8.40. The molecule has 1 aliphatic rings. The highest BCUT2D eigenvalue weighted by molar-refractivity contribution is 5.71. The van der Waals surface area contributed by atoms with E-state index < -0.39 is 5.97 Å². The van der Waals surface area contributed by atoms with E-state index in [4.69, 9.17) is 5.11 Å². The lowest BCUT2D eigenvalue weighted by Crippen LogP contribution is -2.52. The number of piperidine rings is 1. The molecule has 1 N–H and O–H groups in total. The molecule has 0 radical (unpaired) electrons. The zero-order valence-corrected chi connectivity index (χ0v) is 10.7. The number of nitrogens with zero attached hydrogens (tertiary/aromatic N) is 1. The van der Waals surface area contributed by atoms with Crippen molar-refractivity contribution in [2.24, 2.45) is 5.92 Å². The SMILES string of the molecule is CC1(C)CCC(C(=O)O)CN1c1ccc(F)cc1. The van der Waals surface area contributed by atoms with E-state index in [0.29, 0.717) is 13.0 Å². The van der Waals surface area contributed by atoms with Gasteiger partial charge in [-0.1, -0.05) is 0 Å². The highest BCUT2D eigenvalue weighted by Crippen LogP contribution is 2.34. The molecule has 1 atom stereocenters. The molecule has 1 heterocycles. The summed E-state index contributed by atoms with van der Waals surface area (Å²) in [4.78, 5) is 13.2. The predicted octanol–water partition coefficient (Wildman–Crippen LogP) is 2.91. The Morgan fingerprint density at radius 2 is 2.00 bits per heavy atom. The van der Waals surface area contributed by atoms with Gasteiger partial charge in [-0.15, -0.1) is 0 Å². The van der Waals surface area contributed by atoms with Gasteiger partial charge in [0, 0.05) is 17.8 Å². The molecule has 0 bridgehead atoms. The summed E-state index contributed by atoms with van der Waals surface area (Å²) in [5.41, 5.74) is 0.788. The zero-order chi connectivity index (χ0) is 13.3. The second kappa shape index (κ2) is 4.59. The number of rotatable bonds is 2. The smallest absolute Gasteiger partial charge is 0.308 e. The Morgan fingerprint density at radius 3 is 2.56 bits per heavy atom. The predicted molar refractivity (Wildman–Crippen MR) is 68.2 cm³/mol. The van der Waals surface area contributed by atoms with Gasteiger partial charge in [-0.2, -0.15) is 0 Å². The molecule has 0 spiro atoms. The van der Waals surface area contributed by atoms with Gasteiger partial charge in [-0.05, 0) is 51.0 Å². The molecule has 1 aromatic carbocycles. The number of halogens is 1. The first-order valence-corrected chi connectivity index (χ1v) is 6.16. The van der Waals surface area contributed by atoms with Crippen molar-refractivity contribution in [2.75, 3.05) is 11.4 Å². The molecule has 18 heavy (non-hydrogen) atoms. The van der Waals surface area contributed by atoms with Crippen LogP contribution in [0.3, 0.4) is 0 Å². The number of hydrogen-bond acceptors (Lipinski definition) is 2. The van der Waals surface area contributed by atoms with E-state index >= 15 is 0 Å². The molecule has 0 saturated carbocycles. The number of carbonyl (C=O) groups is 1. The molecule has 0 amide bonds. The number of carboxylic acids is 1. The lowest BCUT2D eigenvalue weighted by Gasteiger charge is -2.46. The average molecular weight is 251 g/mol. The Labute approximate surface area is 106 Å². The van der Waals surface area contributed by atoms with Crippen molar-refractivity contribution < 1.29 is 14.3 Å². The third kappa shape index (κ3) is 2.47. The van der Waals surface area contributed by atoms with Crippen LogP contribution in [-0.2, 0) is 4.79 Å². The van der Waals surface area contributed by atoms with Crippen LogP contribution in [0.15, 0.2) is 24.3 Å². The Bertz CT molecular complexity index is 442. The van der Waals surface area contributed by atoms with Crippen molar-refractivity contribution >= 4 is 11.7 Å². The summed E-state index contributed by atoms with van der Waals surface area (Å²) in [6.45, 7) is 4.66. The highest BCUT2D eigenvalue weighted by Gasteiger charge is 2.36. The van der Waals surface area contributed by atoms with E-state index in [9.17, 15) is 9.18 Å². The maximum absolute atomic E-state index is 12.9. The Balaban J connectivity index is 2.26. The van der Waals surface area contributed by atoms with Crippen molar-refractivity contribution in [3.05, 3.63) is 30.1 Å². The lowest BCUT2D eigenvalue weighted by atomic mass is 9.84. The molecule has 0 aliphatic carbocycles. The van der Waals surface area contributed by atoms with Crippen LogP contribution >= 0.6 is 0 Å². The summed E-state index contributed by atoms with van der Waals surface area (Å²) < 4.78 is 12.9. The second-order valence-electron chi connectivity index (χ2n) is 5.47. The van der Waals surface area contributed by atoms with Crippen LogP contribution in [-0.4, -0.2) is 23.2 Å². The first kappa shape index (κ1) is 12.9. The summed E-state index contributed by atoms with van der Waals surface area (Å²) in [7, 11) is 0. The van der Waals surface area contributed by atoms with Gasteiger partial charge in [0.1, 0.15) is 5.82 Å². The number of anilines is 1. The minimum atomic E-state index is -0.752. The fraction of sp³-hybridized carbons (Fsp3) is 0.500. The third-order valence-electron chi connectivity index (χ3n) is 3.73. The van der Waals surface area contributed by atoms with Crippen LogP contribution in [0.2, 0.25) is 0 Å². The number of aliphatic carboxylic acids is 1. The van der Waals surface area contributed by atoms with Crippen molar-refractivity contribution in [1.29, 1.82) is 0 Å². The van der Waals surface area contributed by atoms with Crippen molar-refractivity contribution in [1.82, 2.24) is 0 Å². The van der Waals surface area contributed by atoms with E-state index in [1.165, 1.54) is 12.1 Å². The largest absolute Gasteiger partial charge is 0.481 e. The van der Waals surface area contributed by atoms with Crippen LogP contribution in [0.4, 0.5) is 10.1 Å². The molecule has 1 fully saturated rings. The van der Waals surface area contributed by atoms with Gasteiger partial charge in [-0.3, -0.25) is 4.79 Å². The highest BCUT2D eigenvalue weighted by atomic mass is 19.1. The van der Waals surface area contributed by atoms with Gasteiger partial charge < -0.3 is 10.0 Å². The maximum atomic E-state index is 12.9. The minimum Gasteiger partial charge on any atom is -0.481 e. The molecule has 1 saturated heterocycles. The molecule has 2 rings (SSSR count). The zero-order valence-electron chi connectivity index (χ0n) is 10.7. The van der Waals surface area contributed by atoms with Crippen molar-refractivity contribution in [2.45, 2.75) is 32.2 Å². The normalized spacial score (nSPS) is 22.8. The molecule has 3 nitrogen and oxygen atoms in total. The summed E-state index contributed by atoms with van der Waals surface area (Å²) in [5, 5.41) is 9.13. The Hall–Kier alpha value is -1.58. The van der Waals surface area contributed by atoms with E-state index in [2.05, 4.69) is 18.7 Å². The first-order valence-electron chi connectivity index (χ1n) is 6.16. The summed E-state index contributed by atoms with van der Waals surface area (Å²) in [6.07, 6.45) is 1.52. The summed E-state index contributed by atoms with van der Waals surface area (Å²) in [5.74, 6) is -1.37. The second-order valence-corrected chi connectivity index (χ2v) is 5.47. The fourth-order valence-electron chi connectivity index (χ4n) is 2.50. The van der Waals surface area contributed by atoms with Crippen molar-refractivity contribution in [3.8, 4) is 0 Å². The van der Waals surface area contributed by atoms with Gasteiger partial charge in [-0.25, -0.2) is 4.39 Å². The molecule has 1 aromatic rings. The third-order valence-corrected chi connectivity index (χ3v) is 3.73. The van der Waals surface area contributed by atoms with Gasteiger partial charge in [0.2, 0.25) is 0 Å². The van der Waals surface area contributed by atoms with Crippen LogP contribution < -0.4 is 4.90 Å². The van der Waals surface area contributed by atoms with E-state index in [1.54, 1.807) is 12.1 Å². The Kier molecular flexibility index (Phi) is 3.28. The summed E-state index contributed by atoms with van der Waals surface area (Å²) in [6, 6.07) is 6.24. The van der Waals surface area contributed by atoms with E-state index in [0.717, 1.165) is 12.1 Å². The molecular weight excluding hydrogens is 233 g/mol. The van der Waals surface area contributed by atoms with E-state index in [-0.39, 0.29) is 17.3 Å². The maximum Gasteiger partial charge on any atom is 0.308 e. The van der Waals surface area contributed by atoms with Crippen LogP contribution in [0.1, 0.15) is 26.7 Å². The quantitative estimate of drug-likeness (QED) is 0.878. The van der Waals surface area contributed by atoms with Gasteiger partial charge in [0.05, 0.1) is 5.92 Å². The number of benzene rings is 1. The molecule has 4 heteroatoms. The lowest BCUT2D eigenvalue weighted by molar-refractivity contribution is -0.142. The number of hydrogen-bond donors (Lipinski definition) is 1. The number of carboxylic acid groups (broad SMARTS) is 1. The fourth-order valence-corrected chi connectivity index (χ4v) is 2.50. The minimum absolute atomic E-state index is 0.0935. The van der Waals surface area contributed by atoms with Crippen LogP contribution in [0.5, 0.6) is 0 Å². The Morgan fingerprint density at radius 1 is 1.39 bits per heavy atom. The van der Waals surface area contributed by atoms with Crippen LogP contribution in [0.25, 0.3) is 0 Å². The standard InChI is InChI=1S/C14H18FNO2/c1-14(2)8-7-10(13(17)18)9-16(14)12-5-3-11(15)4-6-12/h3-6,10H,7-9H2,1-2H3,(H,17,18). The van der Waals surface area contributed by atoms with Gasteiger partial charge in [0.15, 0.2) is 0 Å². The molecule has 1 unspecified atom stereocenters. The molecule has 1 aliphatic heterocycles. The topological polar surface area (TPSA) is 40.5 Å². The monoisotopic (exact) mass is 251 g/mol. The molecule has 98 valence electrons. The molecular formula is C14H18FNO2. The van der Waals surface area contributed by atoms with Crippen molar-refractivity contribution in [3.63, 3.8) is 0 Å². The summed E-state index contributed by atoms with van der Waals surface area (Å²) >= 11 is 0. The van der Waals surface area contributed by atoms with E-state index in [1.807, 2.05) is 0 Å².